The van der Waals surface area contributed by atoms with E-state index in [1.165, 1.54) is 13.1 Å². The molecule has 14 heavy (non-hydrogen) atoms. The van der Waals surface area contributed by atoms with Gasteiger partial charge in [0.15, 0.2) is 0 Å². The van der Waals surface area contributed by atoms with E-state index in [0.717, 1.165) is 15.6 Å². The summed E-state index contributed by atoms with van der Waals surface area (Å²) in [5.74, 6) is 0. The summed E-state index contributed by atoms with van der Waals surface area (Å²) in [7, 11) is -2.07. The lowest BCUT2D eigenvalue weighted by Crippen LogP contribution is -2.33. The molecule has 0 aliphatic heterocycles. The lowest BCUT2D eigenvalue weighted by Gasteiger charge is -2.17. The van der Waals surface area contributed by atoms with Crippen molar-refractivity contribution in [3.8, 4) is 6.07 Å². The van der Waals surface area contributed by atoms with Crippen LogP contribution >= 0.6 is 11.3 Å². The highest BCUT2D eigenvalue weighted by molar-refractivity contribution is 7.91. The van der Waals surface area contributed by atoms with Crippen LogP contribution in [0.3, 0.4) is 0 Å². The van der Waals surface area contributed by atoms with E-state index in [1.54, 1.807) is 18.4 Å². The number of thiophene rings is 1. The number of nitriles is 1. The minimum atomic E-state index is -3.48. The summed E-state index contributed by atoms with van der Waals surface area (Å²) in [6, 6.07) is 4.43. The van der Waals surface area contributed by atoms with Crippen LogP contribution in [0.1, 0.15) is 6.92 Å². The Morgan fingerprint density at radius 2 is 2.29 bits per heavy atom. The number of hydrogen-bond donors (Lipinski definition) is 0. The first-order valence-corrected chi connectivity index (χ1v) is 6.23. The van der Waals surface area contributed by atoms with Gasteiger partial charge in [-0.3, -0.25) is 0 Å². The highest BCUT2D eigenvalue weighted by Gasteiger charge is 2.25. The van der Waals surface area contributed by atoms with Crippen molar-refractivity contribution in [1.82, 2.24) is 4.31 Å². The molecule has 0 amide bonds. The second-order valence-electron chi connectivity index (χ2n) is 2.76. The van der Waals surface area contributed by atoms with Crippen molar-refractivity contribution < 1.29 is 8.42 Å². The van der Waals surface area contributed by atoms with E-state index in [1.807, 2.05) is 6.07 Å². The van der Waals surface area contributed by atoms with E-state index >= 15 is 0 Å². The maximum absolute atomic E-state index is 11.8. The quantitative estimate of drug-likeness (QED) is 0.786. The van der Waals surface area contributed by atoms with Crippen molar-refractivity contribution in [3.63, 3.8) is 0 Å². The predicted octanol–water partition coefficient (Wildman–Crippen LogP) is 1.28. The van der Waals surface area contributed by atoms with Crippen LogP contribution in [-0.2, 0) is 10.0 Å². The first kappa shape index (κ1) is 11.2. The van der Waals surface area contributed by atoms with Gasteiger partial charge in [0.2, 0.25) is 0 Å². The third kappa shape index (κ3) is 1.95. The average molecular weight is 230 g/mol. The fourth-order valence-electron chi connectivity index (χ4n) is 0.842. The van der Waals surface area contributed by atoms with Gasteiger partial charge in [-0.2, -0.15) is 9.57 Å². The van der Waals surface area contributed by atoms with Crippen molar-refractivity contribution >= 4 is 21.4 Å². The highest BCUT2D eigenvalue weighted by Crippen LogP contribution is 2.20. The van der Waals surface area contributed by atoms with Crippen LogP contribution in [0.2, 0.25) is 0 Å². The summed E-state index contributed by atoms with van der Waals surface area (Å²) >= 11 is 1.15. The minimum absolute atomic E-state index is 0.266. The summed E-state index contributed by atoms with van der Waals surface area (Å²) in [5.41, 5.74) is 0. The van der Waals surface area contributed by atoms with Gasteiger partial charge >= 0.3 is 0 Å². The number of nitrogens with zero attached hydrogens (tertiary/aromatic N) is 2. The molecular weight excluding hydrogens is 220 g/mol. The lowest BCUT2D eigenvalue weighted by molar-refractivity contribution is 0.443. The molecule has 1 unspecified atom stereocenters. The Labute approximate surface area is 87.4 Å². The second kappa shape index (κ2) is 4.09. The molecule has 76 valence electrons. The van der Waals surface area contributed by atoms with Gasteiger partial charge < -0.3 is 0 Å². The summed E-state index contributed by atoms with van der Waals surface area (Å²) in [5, 5.41) is 10.3. The molecule has 1 rings (SSSR count). The van der Waals surface area contributed by atoms with E-state index < -0.39 is 16.1 Å². The van der Waals surface area contributed by atoms with Gasteiger partial charge in [-0.25, -0.2) is 8.42 Å². The monoisotopic (exact) mass is 230 g/mol. The van der Waals surface area contributed by atoms with Crippen LogP contribution in [0.5, 0.6) is 0 Å². The van der Waals surface area contributed by atoms with E-state index in [2.05, 4.69) is 0 Å². The van der Waals surface area contributed by atoms with Crippen LogP contribution < -0.4 is 0 Å². The standard InChI is InChI=1S/C8H10N2O2S2/c1-7(6-9)10(2)14(11,12)8-4-3-5-13-8/h3-5,7H,1-2H3. The fraction of sp³-hybridized carbons (Fsp3) is 0.375. The molecule has 0 spiro atoms. The van der Waals surface area contributed by atoms with E-state index in [-0.39, 0.29) is 4.21 Å². The zero-order chi connectivity index (χ0) is 10.8. The number of sulfonamides is 1. The second-order valence-corrected chi connectivity index (χ2v) is 5.93. The van der Waals surface area contributed by atoms with Gasteiger partial charge in [0.1, 0.15) is 10.3 Å². The predicted molar refractivity (Wildman–Crippen MR) is 54.3 cm³/mol. The van der Waals surface area contributed by atoms with Crippen molar-refractivity contribution in [3.05, 3.63) is 17.5 Å². The Balaban J connectivity index is 3.05. The van der Waals surface area contributed by atoms with Crippen molar-refractivity contribution in [1.29, 1.82) is 5.26 Å². The first-order chi connectivity index (χ1) is 6.50. The molecule has 0 aromatic carbocycles. The van der Waals surface area contributed by atoms with Crippen molar-refractivity contribution in [2.24, 2.45) is 0 Å². The molecule has 1 aromatic rings. The highest BCUT2D eigenvalue weighted by atomic mass is 32.2. The molecule has 0 saturated carbocycles. The Morgan fingerprint density at radius 3 is 2.71 bits per heavy atom. The SMILES string of the molecule is CC(C#N)N(C)S(=O)(=O)c1cccs1. The van der Waals surface area contributed by atoms with Gasteiger partial charge in [-0.1, -0.05) is 6.07 Å². The molecule has 4 nitrogen and oxygen atoms in total. The van der Waals surface area contributed by atoms with E-state index in [9.17, 15) is 8.42 Å². The molecule has 0 N–H and O–H groups in total. The third-order valence-electron chi connectivity index (χ3n) is 1.86. The zero-order valence-electron chi connectivity index (χ0n) is 7.84. The smallest absolute Gasteiger partial charge is 0.206 e. The van der Waals surface area contributed by atoms with E-state index in [4.69, 9.17) is 5.26 Å². The maximum atomic E-state index is 11.8. The summed E-state index contributed by atoms with van der Waals surface area (Å²) in [6.07, 6.45) is 0. The molecular formula is C8H10N2O2S2. The Kier molecular flexibility index (Phi) is 3.26. The third-order valence-corrected chi connectivity index (χ3v) is 5.16. The zero-order valence-corrected chi connectivity index (χ0v) is 9.47. The molecule has 0 bridgehead atoms. The largest absolute Gasteiger partial charge is 0.253 e. The Hall–Kier alpha value is -0.900. The Bertz CT molecular complexity index is 430. The van der Waals surface area contributed by atoms with Gasteiger partial charge in [-0.15, -0.1) is 11.3 Å². The van der Waals surface area contributed by atoms with E-state index in [0.29, 0.717) is 0 Å². The molecule has 6 heteroatoms. The van der Waals surface area contributed by atoms with Gasteiger partial charge in [0.05, 0.1) is 6.07 Å². The summed E-state index contributed by atoms with van der Waals surface area (Å²) in [4.78, 5) is 0. The molecule has 1 heterocycles. The molecule has 0 radical (unpaired) electrons. The molecule has 0 fully saturated rings. The van der Waals surface area contributed by atoms with Crippen molar-refractivity contribution in [2.75, 3.05) is 7.05 Å². The first-order valence-electron chi connectivity index (χ1n) is 3.91. The summed E-state index contributed by atoms with van der Waals surface area (Å²) < 4.78 is 24.9. The molecule has 0 saturated heterocycles. The minimum Gasteiger partial charge on any atom is -0.206 e. The molecule has 0 aliphatic rings. The van der Waals surface area contributed by atoms with Crippen molar-refractivity contribution in [2.45, 2.75) is 17.2 Å². The van der Waals surface area contributed by atoms with Gasteiger partial charge in [0.25, 0.3) is 10.0 Å². The Morgan fingerprint density at radius 1 is 1.64 bits per heavy atom. The topological polar surface area (TPSA) is 61.2 Å². The van der Waals surface area contributed by atoms with Crippen LogP contribution in [0.15, 0.2) is 21.7 Å². The molecule has 1 atom stereocenters. The molecule has 1 aromatic heterocycles. The average Bonchev–Trinajstić information content (AvgIpc) is 2.68. The lowest BCUT2D eigenvalue weighted by atomic mass is 10.4. The molecule has 0 aliphatic carbocycles. The summed E-state index contributed by atoms with van der Waals surface area (Å²) in [6.45, 7) is 1.55. The fourth-order valence-corrected chi connectivity index (χ4v) is 3.29. The van der Waals surface area contributed by atoms with Crippen LogP contribution in [0, 0.1) is 11.3 Å². The normalized spacial score (nSPS) is 13.9. The van der Waals surface area contributed by atoms with Gasteiger partial charge in [0, 0.05) is 7.05 Å². The van der Waals surface area contributed by atoms with Gasteiger partial charge in [-0.05, 0) is 18.4 Å². The number of hydrogen-bond acceptors (Lipinski definition) is 4. The van der Waals surface area contributed by atoms with Crippen LogP contribution in [0.4, 0.5) is 0 Å². The number of rotatable bonds is 3. The maximum Gasteiger partial charge on any atom is 0.253 e. The van der Waals surface area contributed by atoms with Crippen LogP contribution in [0.25, 0.3) is 0 Å². The van der Waals surface area contributed by atoms with Crippen LogP contribution in [-0.4, -0.2) is 25.8 Å².